The molecule has 1 amide bonds. The molecular formula is C11H15ClN2O4. The Kier molecular flexibility index (Phi) is 7.46. The Morgan fingerprint density at radius 1 is 1.44 bits per heavy atom. The van der Waals surface area contributed by atoms with Crippen LogP contribution in [0.1, 0.15) is 23.7 Å². The van der Waals surface area contributed by atoms with Crippen LogP contribution in [0.3, 0.4) is 0 Å². The van der Waals surface area contributed by atoms with Crippen molar-refractivity contribution < 1.29 is 36.8 Å². The number of amides is 1. The molecule has 0 atom stereocenters. The smallest absolute Gasteiger partial charge is 0.307 e. The van der Waals surface area contributed by atoms with Gasteiger partial charge in [0, 0.05) is 12.6 Å². The van der Waals surface area contributed by atoms with Crippen LogP contribution in [0.15, 0.2) is 18.5 Å². The third kappa shape index (κ3) is 5.49. The van der Waals surface area contributed by atoms with Crippen molar-refractivity contribution >= 4 is 11.9 Å². The highest BCUT2D eigenvalue weighted by Gasteiger charge is 2.10. The van der Waals surface area contributed by atoms with Crippen molar-refractivity contribution in [3.63, 3.8) is 0 Å². The van der Waals surface area contributed by atoms with Gasteiger partial charge in [-0.15, -0.1) is 0 Å². The number of esters is 1. The first-order chi connectivity index (χ1) is 8.13. The lowest BCUT2D eigenvalue weighted by Crippen LogP contribution is -3.00. The zero-order chi connectivity index (χ0) is 12.7. The van der Waals surface area contributed by atoms with Crippen LogP contribution >= 0.6 is 0 Å². The van der Waals surface area contributed by atoms with E-state index in [4.69, 9.17) is 9.84 Å². The first kappa shape index (κ1) is 16.2. The lowest BCUT2D eigenvalue weighted by molar-refractivity contribution is -0.379. The number of ether oxygens (including phenoxy) is 1. The molecule has 0 aliphatic rings. The third-order valence-electron chi connectivity index (χ3n) is 1.96. The number of pyridine rings is 1. The Morgan fingerprint density at radius 2 is 2.17 bits per heavy atom. The summed E-state index contributed by atoms with van der Waals surface area (Å²) in [6.45, 7) is 2.25. The Hall–Kier alpha value is -1.82. The number of halogens is 1. The molecule has 1 aromatic heterocycles. The summed E-state index contributed by atoms with van der Waals surface area (Å²) >= 11 is 0. The van der Waals surface area contributed by atoms with Crippen LogP contribution in [0.2, 0.25) is 0 Å². The number of aromatic amines is 1. The van der Waals surface area contributed by atoms with E-state index >= 15 is 0 Å². The predicted molar refractivity (Wildman–Crippen MR) is 58.2 cm³/mol. The van der Waals surface area contributed by atoms with Gasteiger partial charge in [-0.05, 0) is 6.92 Å². The van der Waals surface area contributed by atoms with E-state index in [2.05, 4.69) is 10.3 Å². The molecule has 1 rings (SSSR count). The van der Waals surface area contributed by atoms with Crippen LogP contribution in [0.4, 0.5) is 0 Å². The summed E-state index contributed by atoms with van der Waals surface area (Å²) in [5.41, 5.74) is 0.300. The van der Waals surface area contributed by atoms with Gasteiger partial charge in [-0.25, -0.2) is 4.98 Å². The average molecular weight is 275 g/mol. The molecule has 1 heterocycles. The van der Waals surface area contributed by atoms with Crippen molar-refractivity contribution in [1.82, 2.24) is 5.32 Å². The van der Waals surface area contributed by atoms with Crippen molar-refractivity contribution in [3.05, 3.63) is 24.0 Å². The minimum absolute atomic E-state index is 0. The number of nitrogens with one attached hydrogen (secondary N) is 2. The quantitative estimate of drug-likeness (QED) is 0.557. The first-order valence-corrected chi connectivity index (χ1v) is 5.27. The van der Waals surface area contributed by atoms with Crippen molar-refractivity contribution in [2.24, 2.45) is 0 Å². The molecule has 0 fully saturated rings. The van der Waals surface area contributed by atoms with Gasteiger partial charge in [0.25, 0.3) is 5.91 Å². The molecule has 0 aliphatic heterocycles. The fourth-order valence-electron chi connectivity index (χ4n) is 1.20. The first-order valence-electron chi connectivity index (χ1n) is 5.27. The second-order valence-corrected chi connectivity index (χ2v) is 3.29. The van der Waals surface area contributed by atoms with Gasteiger partial charge in [0.2, 0.25) is 6.20 Å². The van der Waals surface area contributed by atoms with Crippen molar-refractivity contribution in [3.8, 4) is 5.75 Å². The fourth-order valence-corrected chi connectivity index (χ4v) is 1.20. The fraction of sp³-hybridized carbons (Fsp3) is 0.364. The summed E-state index contributed by atoms with van der Waals surface area (Å²) in [5, 5.41) is 11.7. The van der Waals surface area contributed by atoms with Gasteiger partial charge in [-0.1, -0.05) is 0 Å². The standard InChI is InChI=1S/C11H14N2O4.ClH/c1-2-17-10(15)3-4-13-11(16)8-5-9(14)7-12-6-8;/h5-7,14H,2-4H2,1H3,(H,13,16);1H. The van der Waals surface area contributed by atoms with Crippen LogP contribution < -0.4 is 22.7 Å². The highest BCUT2D eigenvalue weighted by atomic mass is 35.5. The van der Waals surface area contributed by atoms with E-state index in [1.54, 1.807) is 6.92 Å². The number of carbonyl (C=O) groups is 2. The molecule has 0 spiro atoms. The van der Waals surface area contributed by atoms with E-state index in [0.29, 0.717) is 12.2 Å². The van der Waals surface area contributed by atoms with Crippen molar-refractivity contribution in [1.29, 1.82) is 0 Å². The van der Waals surface area contributed by atoms with Crippen LogP contribution in [0, 0.1) is 0 Å². The second-order valence-electron chi connectivity index (χ2n) is 3.29. The van der Waals surface area contributed by atoms with Crippen LogP contribution in [0.25, 0.3) is 0 Å². The second kappa shape index (κ2) is 8.30. The molecule has 0 aromatic carbocycles. The van der Waals surface area contributed by atoms with Gasteiger partial charge in [0.1, 0.15) is 5.56 Å². The molecule has 1 aromatic rings. The molecule has 100 valence electrons. The van der Waals surface area contributed by atoms with Gasteiger partial charge < -0.3 is 27.6 Å². The molecule has 0 unspecified atom stereocenters. The van der Waals surface area contributed by atoms with E-state index < -0.39 is 0 Å². The zero-order valence-corrected chi connectivity index (χ0v) is 10.7. The lowest BCUT2D eigenvalue weighted by atomic mass is 10.2. The summed E-state index contributed by atoms with van der Waals surface area (Å²) in [4.78, 5) is 25.2. The van der Waals surface area contributed by atoms with E-state index in [0.717, 1.165) is 0 Å². The minimum Gasteiger partial charge on any atom is -1.00 e. The SMILES string of the molecule is CCOC(=O)CCNC(=O)c1c[nH+]cc(O)c1.[Cl-]. The Balaban J connectivity index is 0.00000289. The predicted octanol–water partition coefficient (Wildman–Crippen LogP) is -3.11. The number of hydrogen-bond acceptors (Lipinski definition) is 4. The van der Waals surface area contributed by atoms with Gasteiger partial charge in [0.15, 0.2) is 11.9 Å². The Bertz CT molecular complexity index is 412. The molecule has 0 saturated carbocycles. The summed E-state index contributed by atoms with van der Waals surface area (Å²) in [5.74, 6) is -0.736. The van der Waals surface area contributed by atoms with Crippen LogP contribution in [-0.4, -0.2) is 30.1 Å². The third-order valence-corrected chi connectivity index (χ3v) is 1.96. The van der Waals surface area contributed by atoms with E-state index in [-0.39, 0.29) is 43.0 Å². The maximum absolute atomic E-state index is 11.5. The number of carbonyl (C=O) groups excluding carboxylic acids is 2. The molecule has 18 heavy (non-hydrogen) atoms. The number of hydrogen-bond donors (Lipinski definition) is 2. The number of aromatic nitrogens is 1. The van der Waals surface area contributed by atoms with Gasteiger partial charge in [-0.2, -0.15) is 0 Å². The van der Waals surface area contributed by atoms with Gasteiger partial charge >= 0.3 is 5.97 Å². The van der Waals surface area contributed by atoms with Crippen LogP contribution in [0.5, 0.6) is 5.75 Å². The van der Waals surface area contributed by atoms with Gasteiger partial charge in [0.05, 0.1) is 13.0 Å². The Morgan fingerprint density at radius 3 is 2.78 bits per heavy atom. The highest BCUT2D eigenvalue weighted by molar-refractivity contribution is 5.94. The number of aromatic hydroxyl groups is 1. The molecule has 0 bridgehead atoms. The molecule has 0 aliphatic carbocycles. The maximum atomic E-state index is 11.5. The van der Waals surface area contributed by atoms with E-state index in [1.165, 1.54) is 18.5 Å². The number of rotatable bonds is 5. The molecular weight excluding hydrogens is 260 g/mol. The van der Waals surface area contributed by atoms with Gasteiger partial charge in [-0.3, -0.25) is 9.59 Å². The summed E-state index contributed by atoms with van der Waals surface area (Å²) in [6, 6.07) is 1.33. The topological polar surface area (TPSA) is 89.8 Å². The molecule has 7 heteroatoms. The van der Waals surface area contributed by atoms with E-state index in [1.807, 2.05) is 0 Å². The normalized spacial score (nSPS) is 9.17. The van der Waals surface area contributed by atoms with Crippen molar-refractivity contribution in [2.75, 3.05) is 13.2 Å². The molecule has 3 N–H and O–H groups in total. The lowest BCUT2D eigenvalue weighted by Gasteiger charge is -2.03. The highest BCUT2D eigenvalue weighted by Crippen LogP contribution is 2.05. The Labute approximate surface area is 111 Å². The molecule has 6 nitrogen and oxygen atoms in total. The molecule has 0 radical (unpaired) electrons. The van der Waals surface area contributed by atoms with Crippen molar-refractivity contribution in [2.45, 2.75) is 13.3 Å². The zero-order valence-electron chi connectivity index (χ0n) is 9.90. The summed E-state index contributed by atoms with van der Waals surface area (Å²) in [6.07, 6.45) is 2.94. The number of H-pyrrole nitrogens is 1. The maximum Gasteiger partial charge on any atom is 0.307 e. The minimum atomic E-state index is -0.360. The van der Waals surface area contributed by atoms with E-state index in [9.17, 15) is 9.59 Å². The summed E-state index contributed by atoms with van der Waals surface area (Å²) < 4.78 is 4.71. The molecule has 0 saturated heterocycles. The largest absolute Gasteiger partial charge is 1.00 e. The average Bonchev–Trinajstić information content (AvgIpc) is 2.29. The summed E-state index contributed by atoms with van der Waals surface area (Å²) in [7, 11) is 0. The van der Waals surface area contributed by atoms with Crippen LogP contribution in [-0.2, 0) is 9.53 Å². The monoisotopic (exact) mass is 274 g/mol.